The average molecular weight is 311 g/mol. The number of nitrogens with zero attached hydrogens (tertiary/aromatic N) is 1. The summed E-state index contributed by atoms with van der Waals surface area (Å²) in [5.74, 6) is 1.03. The van der Waals surface area contributed by atoms with Crippen LogP contribution in [0, 0.1) is 0 Å². The summed E-state index contributed by atoms with van der Waals surface area (Å²) in [7, 11) is 4.15. The third-order valence-corrected chi connectivity index (χ3v) is 4.32. The molecule has 0 aliphatic rings. The van der Waals surface area contributed by atoms with Crippen LogP contribution in [0.2, 0.25) is 0 Å². The van der Waals surface area contributed by atoms with E-state index in [-0.39, 0.29) is 5.41 Å². The Morgan fingerprint density at radius 1 is 1.20 bits per heavy atom. The van der Waals surface area contributed by atoms with E-state index in [9.17, 15) is 0 Å². The van der Waals surface area contributed by atoms with Gasteiger partial charge in [-0.05, 0) is 30.6 Å². The molecular weight excluding hydrogens is 284 g/mol. The Morgan fingerprint density at radius 2 is 1.80 bits per heavy atom. The van der Waals surface area contributed by atoms with E-state index in [0.29, 0.717) is 0 Å². The molecule has 1 aromatic carbocycles. The van der Waals surface area contributed by atoms with Crippen LogP contribution in [0.15, 0.2) is 24.3 Å². The maximum absolute atomic E-state index is 5.32. The maximum Gasteiger partial charge on any atom is 0.134 e. The summed E-state index contributed by atoms with van der Waals surface area (Å²) in [5.41, 5.74) is 2.85. The van der Waals surface area contributed by atoms with Crippen LogP contribution in [0.1, 0.15) is 31.9 Å². The lowest BCUT2D eigenvalue weighted by atomic mass is 9.87. The van der Waals surface area contributed by atoms with Gasteiger partial charge < -0.3 is 10.2 Å². The lowest BCUT2D eigenvalue weighted by molar-refractivity contribution is 0.437. The van der Waals surface area contributed by atoms with Gasteiger partial charge in [0.25, 0.3) is 0 Å². The first-order valence-corrected chi connectivity index (χ1v) is 8.33. The van der Waals surface area contributed by atoms with Crippen molar-refractivity contribution < 1.29 is 0 Å². The molecule has 0 heterocycles. The molecule has 0 aliphatic carbocycles. The van der Waals surface area contributed by atoms with Crippen molar-refractivity contribution >= 4 is 28.3 Å². The number of hydrogen-bond acceptors (Lipinski definition) is 3. The van der Waals surface area contributed by atoms with Gasteiger partial charge in [-0.2, -0.15) is 0 Å². The molecule has 0 spiro atoms. The number of nitrogens with one attached hydrogen (secondary N) is 1. The smallest absolute Gasteiger partial charge is 0.134 e. The zero-order chi connectivity index (χ0) is 15.2. The summed E-state index contributed by atoms with van der Waals surface area (Å²) in [6, 6.07) is 8.78. The van der Waals surface area contributed by atoms with E-state index in [0.717, 1.165) is 23.2 Å². The van der Waals surface area contributed by atoms with Gasteiger partial charge in [-0.15, -0.1) is 0 Å². The molecule has 0 saturated carbocycles. The normalized spacial score (nSPS) is 11.7. The number of rotatable bonds is 5. The SMILES string of the molecule is CN(C)CCSC(=S)NCc1ccc(C(C)(C)C)cc1. The van der Waals surface area contributed by atoms with Gasteiger partial charge in [0.1, 0.15) is 4.32 Å². The molecule has 112 valence electrons. The second-order valence-electron chi connectivity index (χ2n) is 6.24. The Hall–Kier alpha value is -0.580. The molecular formula is C16H26N2S2. The van der Waals surface area contributed by atoms with E-state index in [1.165, 1.54) is 11.1 Å². The fourth-order valence-electron chi connectivity index (χ4n) is 1.67. The van der Waals surface area contributed by atoms with Crippen LogP contribution in [-0.4, -0.2) is 35.6 Å². The summed E-state index contributed by atoms with van der Waals surface area (Å²) >= 11 is 7.03. The van der Waals surface area contributed by atoms with E-state index in [1.54, 1.807) is 11.8 Å². The fourth-order valence-corrected chi connectivity index (χ4v) is 2.81. The summed E-state index contributed by atoms with van der Waals surface area (Å²) in [5, 5.41) is 3.31. The number of thioether (sulfide) groups is 1. The van der Waals surface area contributed by atoms with Crippen LogP contribution in [0.3, 0.4) is 0 Å². The van der Waals surface area contributed by atoms with Gasteiger partial charge in [0.15, 0.2) is 0 Å². The van der Waals surface area contributed by atoms with E-state index in [1.807, 2.05) is 0 Å². The molecule has 0 amide bonds. The van der Waals surface area contributed by atoms with Crippen LogP contribution >= 0.6 is 24.0 Å². The highest BCUT2D eigenvalue weighted by Crippen LogP contribution is 2.22. The largest absolute Gasteiger partial charge is 0.367 e. The zero-order valence-corrected chi connectivity index (χ0v) is 14.8. The monoisotopic (exact) mass is 310 g/mol. The number of hydrogen-bond donors (Lipinski definition) is 1. The Bertz CT molecular complexity index is 419. The van der Waals surface area contributed by atoms with Crippen molar-refractivity contribution in [3.05, 3.63) is 35.4 Å². The Balaban J connectivity index is 2.37. The van der Waals surface area contributed by atoms with E-state index < -0.39 is 0 Å². The Kier molecular flexibility index (Phi) is 7.00. The molecule has 0 aromatic heterocycles. The van der Waals surface area contributed by atoms with Gasteiger partial charge in [0.05, 0.1) is 0 Å². The summed E-state index contributed by atoms with van der Waals surface area (Å²) < 4.78 is 0.881. The summed E-state index contributed by atoms with van der Waals surface area (Å²) in [6.07, 6.45) is 0. The van der Waals surface area contributed by atoms with Crippen molar-refractivity contribution in [3.8, 4) is 0 Å². The number of thiocarbonyl (C=S) groups is 1. The highest BCUT2D eigenvalue weighted by molar-refractivity contribution is 8.22. The van der Waals surface area contributed by atoms with Gasteiger partial charge in [-0.1, -0.05) is 69.0 Å². The third kappa shape index (κ3) is 6.73. The molecule has 0 fully saturated rings. The van der Waals surface area contributed by atoms with Crippen LogP contribution in [0.4, 0.5) is 0 Å². The topological polar surface area (TPSA) is 15.3 Å². The molecule has 0 bridgehead atoms. The lowest BCUT2D eigenvalue weighted by Gasteiger charge is -2.19. The third-order valence-electron chi connectivity index (χ3n) is 3.03. The Morgan fingerprint density at radius 3 is 2.30 bits per heavy atom. The fraction of sp³-hybridized carbons (Fsp3) is 0.562. The highest BCUT2D eigenvalue weighted by atomic mass is 32.2. The minimum Gasteiger partial charge on any atom is -0.367 e. The van der Waals surface area contributed by atoms with Crippen LogP contribution in [-0.2, 0) is 12.0 Å². The van der Waals surface area contributed by atoms with Crippen LogP contribution in [0.25, 0.3) is 0 Å². The maximum atomic E-state index is 5.32. The quantitative estimate of drug-likeness (QED) is 0.835. The lowest BCUT2D eigenvalue weighted by Crippen LogP contribution is -2.21. The van der Waals surface area contributed by atoms with Crippen LogP contribution in [0.5, 0.6) is 0 Å². The van der Waals surface area contributed by atoms with Crippen LogP contribution < -0.4 is 5.32 Å². The first-order chi connectivity index (χ1) is 9.29. The summed E-state index contributed by atoms with van der Waals surface area (Å²) in [6.45, 7) is 8.55. The van der Waals surface area contributed by atoms with Gasteiger partial charge in [-0.3, -0.25) is 0 Å². The van der Waals surface area contributed by atoms with E-state index in [2.05, 4.69) is 69.3 Å². The van der Waals surface area contributed by atoms with Gasteiger partial charge >= 0.3 is 0 Å². The molecule has 0 atom stereocenters. The van der Waals surface area contributed by atoms with E-state index >= 15 is 0 Å². The van der Waals surface area contributed by atoms with Crippen molar-refractivity contribution in [1.82, 2.24) is 10.2 Å². The first-order valence-electron chi connectivity index (χ1n) is 6.94. The molecule has 0 unspecified atom stereocenters. The van der Waals surface area contributed by atoms with Gasteiger partial charge in [-0.25, -0.2) is 0 Å². The van der Waals surface area contributed by atoms with Gasteiger partial charge in [0, 0.05) is 18.8 Å². The standard InChI is InChI=1S/C16H26N2S2/c1-16(2,3)14-8-6-13(7-9-14)12-17-15(19)20-11-10-18(4)5/h6-9H,10-12H2,1-5H3,(H,17,19). The van der Waals surface area contributed by atoms with Crippen molar-refractivity contribution in [2.24, 2.45) is 0 Å². The van der Waals surface area contributed by atoms with Crippen molar-refractivity contribution in [1.29, 1.82) is 0 Å². The molecule has 4 heteroatoms. The second kappa shape index (κ2) is 8.01. The second-order valence-corrected chi connectivity index (χ2v) is 8.01. The molecule has 0 aliphatic heterocycles. The number of benzene rings is 1. The summed E-state index contributed by atoms with van der Waals surface area (Å²) in [4.78, 5) is 2.17. The molecule has 0 radical (unpaired) electrons. The van der Waals surface area contributed by atoms with Crippen molar-refractivity contribution in [2.75, 3.05) is 26.4 Å². The predicted molar refractivity (Wildman–Crippen MR) is 95.6 cm³/mol. The molecule has 2 nitrogen and oxygen atoms in total. The Labute approximate surface area is 133 Å². The minimum absolute atomic E-state index is 0.212. The minimum atomic E-state index is 0.212. The van der Waals surface area contributed by atoms with Crippen molar-refractivity contribution in [3.63, 3.8) is 0 Å². The first kappa shape index (κ1) is 17.5. The molecule has 1 N–H and O–H groups in total. The zero-order valence-electron chi connectivity index (χ0n) is 13.2. The molecule has 1 rings (SSSR count). The van der Waals surface area contributed by atoms with Crippen molar-refractivity contribution in [2.45, 2.75) is 32.7 Å². The predicted octanol–water partition coefficient (Wildman–Crippen LogP) is 3.65. The highest BCUT2D eigenvalue weighted by Gasteiger charge is 2.12. The molecule has 20 heavy (non-hydrogen) atoms. The average Bonchev–Trinajstić information content (AvgIpc) is 2.35. The molecule has 1 aromatic rings. The molecule has 0 saturated heterocycles. The van der Waals surface area contributed by atoms with E-state index in [4.69, 9.17) is 12.2 Å². The van der Waals surface area contributed by atoms with Gasteiger partial charge in [0.2, 0.25) is 0 Å².